The van der Waals surface area contributed by atoms with Gasteiger partial charge in [0.05, 0.1) is 11.5 Å². The number of rotatable bonds is 5. The summed E-state index contributed by atoms with van der Waals surface area (Å²) in [5.41, 5.74) is 0.836. The van der Waals surface area contributed by atoms with Gasteiger partial charge in [0.2, 0.25) is 0 Å². The molecular weight excluding hydrogens is 239 g/mol. The Labute approximate surface area is 113 Å². The Balaban J connectivity index is 1.94. The van der Waals surface area contributed by atoms with E-state index < -0.39 is 0 Å². The van der Waals surface area contributed by atoms with E-state index in [4.69, 9.17) is 5.26 Å². The summed E-state index contributed by atoms with van der Waals surface area (Å²) in [4.78, 5) is 0. The van der Waals surface area contributed by atoms with Crippen molar-refractivity contribution in [3.05, 3.63) is 36.3 Å². The van der Waals surface area contributed by atoms with Gasteiger partial charge < -0.3 is 4.57 Å². The van der Waals surface area contributed by atoms with Crippen LogP contribution in [0, 0.1) is 22.6 Å². The molecule has 0 unspecified atom stereocenters. The average Bonchev–Trinajstić information content (AvgIpc) is 2.77. The number of hydrogen-bond acceptors (Lipinski definition) is 1. The highest BCUT2D eigenvalue weighted by Crippen LogP contribution is 2.23. The lowest BCUT2D eigenvalue weighted by Crippen LogP contribution is -2.08. The summed E-state index contributed by atoms with van der Waals surface area (Å²) < 4.78 is 15.2. The largest absolute Gasteiger partial charge is 0.347 e. The van der Waals surface area contributed by atoms with Gasteiger partial charge in [-0.2, -0.15) is 5.26 Å². The molecule has 2 aromatic rings. The van der Waals surface area contributed by atoms with Crippen molar-refractivity contribution in [2.24, 2.45) is 5.41 Å². The third kappa shape index (κ3) is 3.35. The fraction of sp³-hybridized carbons (Fsp3) is 0.438. The molecule has 19 heavy (non-hydrogen) atoms. The number of hydrogen-bond donors (Lipinski definition) is 0. The topological polar surface area (TPSA) is 28.7 Å². The van der Waals surface area contributed by atoms with Crippen molar-refractivity contribution in [1.82, 2.24) is 4.57 Å². The maximum atomic E-state index is 13.1. The molecule has 2 rings (SSSR count). The highest BCUT2D eigenvalue weighted by atomic mass is 19.1. The van der Waals surface area contributed by atoms with E-state index in [0.717, 1.165) is 36.7 Å². The van der Waals surface area contributed by atoms with Crippen LogP contribution in [0.15, 0.2) is 30.5 Å². The molecule has 1 heterocycles. The quantitative estimate of drug-likeness (QED) is 0.726. The summed E-state index contributed by atoms with van der Waals surface area (Å²) in [7, 11) is 0. The van der Waals surface area contributed by atoms with Crippen LogP contribution in [-0.4, -0.2) is 4.57 Å². The van der Waals surface area contributed by atoms with Gasteiger partial charge >= 0.3 is 0 Å². The molecule has 1 aromatic carbocycles. The number of fused-ring (bicyclic) bond motifs is 1. The summed E-state index contributed by atoms with van der Waals surface area (Å²) in [6, 6.07) is 9.15. The minimum absolute atomic E-state index is 0.194. The molecule has 2 nitrogen and oxygen atoms in total. The molecule has 1 aromatic heterocycles. The second-order valence-corrected chi connectivity index (χ2v) is 5.67. The molecule has 3 heteroatoms. The third-order valence-electron chi connectivity index (χ3n) is 3.49. The molecule has 0 N–H and O–H groups in total. The van der Waals surface area contributed by atoms with Gasteiger partial charge in [0.1, 0.15) is 5.82 Å². The van der Waals surface area contributed by atoms with E-state index >= 15 is 0 Å². The Morgan fingerprint density at radius 1 is 1.26 bits per heavy atom. The van der Waals surface area contributed by atoms with Crippen LogP contribution in [-0.2, 0) is 6.54 Å². The zero-order valence-corrected chi connectivity index (χ0v) is 11.5. The van der Waals surface area contributed by atoms with Gasteiger partial charge in [0.25, 0.3) is 0 Å². The first kappa shape index (κ1) is 13.6. The van der Waals surface area contributed by atoms with Crippen molar-refractivity contribution in [2.75, 3.05) is 0 Å². The number of unbranched alkanes of at least 4 members (excludes halogenated alkanes) is 1. The highest BCUT2D eigenvalue weighted by Gasteiger charge is 2.15. The molecule has 0 radical (unpaired) electrons. The average molecular weight is 258 g/mol. The molecule has 100 valence electrons. The Bertz CT molecular complexity index is 605. The predicted molar refractivity (Wildman–Crippen MR) is 75.1 cm³/mol. The molecule has 0 saturated carbocycles. The SMILES string of the molecule is CC(C)(C#N)CCCCn1ccc2cc(F)ccc21. The summed E-state index contributed by atoms with van der Waals surface area (Å²) >= 11 is 0. The van der Waals surface area contributed by atoms with Crippen LogP contribution >= 0.6 is 0 Å². The fourth-order valence-electron chi connectivity index (χ4n) is 2.27. The first-order valence-corrected chi connectivity index (χ1v) is 6.67. The van der Waals surface area contributed by atoms with Crippen LogP contribution in [0.3, 0.4) is 0 Å². The van der Waals surface area contributed by atoms with Crippen molar-refractivity contribution >= 4 is 10.9 Å². The molecular formula is C16H19FN2. The molecule has 0 saturated heterocycles. The summed E-state index contributed by atoms with van der Waals surface area (Å²) in [5, 5.41) is 9.90. The van der Waals surface area contributed by atoms with Crippen molar-refractivity contribution in [1.29, 1.82) is 5.26 Å². The van der Waals surface area contributed by atoms with E-state index in [1.54, 1.807) is 6.07 Å². The van der Waals surface area contributed by atoms with E-state index in [2.05, 4.69) is 10.6 Å². The monoisotopic (exact) mass is 258 g/mol. The van der Waals surface area contributed by atoms with E-state index in [9.17, 15) is 4.39 Å². The second-order valence-electron chi connectivity index (χ2n) is 5.67. The lowest BCUT2D eigenvalue weighted by atomic mass is 9.89. The fourth-order valence-corrected chi connectivity index (χ4v) is 2.27. The molecule has 0 aliphatic rings. The molecule has 0 spiro atoms. The third-order valence-corrected chi connectivity index (χ3v) is 3.49. The predicted octanol–water partition coefficient (Wildman–Crippen LogP) is 4.50. The normalized spacial score (nSPS) is 11.7. The number of benzene rings is 1. The second kappa shape index (κ2) is 5.44. The maximum absolute atomic E-state index is 13.1. The first-order chi connectivity index (χ1) is 9.02. The lowest BCUT2D eigenvalue weighted by molar-refractivity contribution is 0.418. The maximum Gasteiger partial charge on any atom is 0.123 e. The van der Waals surface area contributed by atoms with E-state index in [1.165, 1.54) is 6.07 Å². The van der Waals surface area contributed by atoms with Crippen LogP contribution in [0.5, 0.6) is 0 Å². The summed E-state index contributed by atoms with van der Waals surface area (Å²) in [6.07, 6.45) is 4.98. The van der Waals surface area contributed by atoms with Crippen LogP contribution in [0.2, 0.25) is 0 Å². The minimum atomic E-state index is -0.234. The van der Waals surface area contributed by atoms with Crippen molar-refractivity contribution in [3.8, 4) is 6.07 Å². The Hall–Kier alpha value is -1.82. The van der Waals surface area contributed by atoms with Crippen LogP contribution in [0.25, 0.3) is 10.9 Å². The number of aromatic nitrogens is 1. The van der Waals surface area contributed by atoms with Crippen LogP contribution < -0.4 is 0 Å². The number of nitrogens with zero attached hydrogens (tertiary/aromatic N) is 2. The van der Waals surface area contributed by atoms with Gasteiger partial charge in [-0.15, -0.1) is 0 Å². The van der Waals surface area contributed by atoms with Gasteiger partial charge in [-0.25, -0.2) is 4.39 Å². The van der Waals surface area contributed by atoms with E-state index in [0.29, 0.717) is 0 Å². The zero-order valence-electron chi connectivity index (χ0n) is 11.5. The van der Waals surface area contributed by atoms with Gasteiger partial charge in [-0.3, -0.25) is 0 Å². The highest BCUT2D eigenvalue weighted by molar-refractivity contribution is 5.80. The van der Waals surface area contributed by atoms with Crippen molar-refractivity contribution in [3.63, 3.8) is 0 Å². The number of aryl methyl sites for hydroxylation is 1. The number of nitriles is 1. The zero-order chi connectivity index (χ0) is 13.9. The minimum Gasteiger partial charge on any atom is -0.347 e. The van der Waals surface area contributed by atoms with Crippen LogP contribution in [0.4, 0.5) is 4.39 Å². The van der Waals surface area contributed by atoms with Gasteiger partial charge in [-0.1, -0.05) is 6.42 Å². The Kier molecular flexibility index (Phi) is 3.90. The summed E-state index contributed by atoms with van der Waals surface area (Å²) in [6.45, 7) is 4.86. The molecule has 0 atom stereocenters. The van der Waals surface area contributed by atoms with Crippen molar-refractivity contribution < 1.29 is 4.39 Å². The molecule has 0 fully saturated rings. The number of halogens is 1. The lowest BCUT2D eigenvalue weighted by Gasteiger charge is -2.14. The van der Waals surface area contributed by atoms with Crippen LogP contribution in [0.1, 0.15) is 33.1 Å². The van der Waals surface area contributed by atoms with Gasteiger partial charge in [-0.05, 0) is 51.0 Å². The van der Waals surface area contributed by atoms with E-state index in [1.807, 2.05) is 32.2 Å². The smallest absolute Gasteiger partial charge is 0.123 e. The first-order valence-electron chi connectivity index (χ1n) is 6.67. The molecule has 0 bridgehead atoms. The van der Waals surface area contributed by atoms with Gasteiger partial charge in [0, 0.05) is 23.6 Å². The Morgan fingerprint density at radius 3 is 2.79 bits per heavy atom. The van der Waals surface area contributed by atoms with E-state index in [-0.39, 0.29) is 11.2 Å². The standard InChI is InChI=1S/C16H19FN2/c1-16(2,12-18)8-3-4-9-19-10-7-13-11-14(17)5-6-15(13)19/h5-7,10-11H,3-4,8-9H2,1-2H3. The molecule has 0 amide bonds. The molecule has 0 aliphatic carbocycles. The molecule has 0 aliphatic heterocycles. The Morgan fingerprint density at radius 2 is 2.05 bits per heavy atom. The van der Waals surface area contributed by atoms with Crippen molar-refractivity contribution in [2.45, 2.75) is 39.7 Å². The van der Waals surface area contributed by atoms with Gasteiger partial charge in [0.15, 0.2) is 0 Å². The summed E-state index contributed by atoms with van der Waals surface area (Å²) in [5.74, 6) is -0.194.